The SMILES string of the molecule is CC1CCN(C(=O)C2CCN(S(=O)(=O)c3ccc4c(c3)NC(=O)CO4)CC2)CC1. The number of carbonyl (C=O) groups excluding carboxylic acids is 2. The van der Waals surface area contributed by atoms with Gasteiger partial charge in [0.15, 0.2) is 6.61 Å². The molecular formula is C20H27N3O5S. The number of hydrogen-bond donors (Lipinski definition) is 1. The maximum atomic E-state index is 13.0. The Morgan fingerprint density at radius 3 is 2.48 bits per heavy atom. The zero-order chi connectivity index (χ0) is 20.6. The monoisotopic (exact) mass is 421 g/mol. The van der Waals surface area contributed by atoms with E-state index in [-0.39, 0.29) is 29.2 Å². The van der Waals surface area contributed by atoms with Crippen LogP contribution in [0, 0.1) is 11.8 Å². The van der Waals surface area contributed by atoms with E-state index in [0.29, 0.717) is 43.3 Å². The summed E-state index contributed by atoms with van der Waals surface area (Å²) in [7, 11) is -3.69. The van der Waals surface area contributed by atoms with Gasteiger partial charge in [0.25, 0.3) is 5.91 Å². The summed E-state index contributed by atoms with van der Waals surface area (Å²) in [4.78, 5) is 26.4. The van der Waals surface area contributed by atoms with Gasteiger partial charge in [-0.05, 0) is 49.8 Å². The first-order valence-electron chi connectivity index (χ1n) is 10.2. The molecule has 0 aromatic heterocycles. The summed E-state index contributed by atoms with van der Waals surface area (Å²) >= 11 is 0. The summed E-state index contributed by atoms with van der Waals surface area (Å²) in [6.07, 6.45) is 3.15. The molecule has 2 saturated heterocycles. The van der Waals surface area contributed by atoms with Crippen molar-refractivity contribution in [3.63, 3.8) is 0 Å². The number of fused-ring (bicyclic) bond motifs is 1. The summed E-state index contributed by atoms with van der Waals surface area (Å²) in [5.74, 6) is 0.883. The molecule has 29 heavy (non-hydrogen) atoms. The van der Waals surface area contributed by atoms with Crippen LogP contribution in [0.1, 0.15) is 32.6 Å². The molecule has 158 valence electrons. The topological polar surface area (TPSA) is 96.0 Å². The van der Waals surface area contributed by atoms with Gasteiger partial charge in [-0.15, -0.1) is 0 Å². The van der Waals surface area contributed by atoms with Gasteiger partial charge in [-0.3, -0.25) is 9.59 Å². The van der Waals surface area contributed by atoms with E-state index in [4.69, 9.17) is 4.74 Å². The Labute approximate surface area is 171 Å². The van der Waals surface area contributed by atoms with Crippen molar-refractivity contribution in [1.29, 1.82) is 0 Å². The number of amides is 2. The molecule has 9 heteroatoms. The second-order valence-electron chi connectivity index (χ2n) is 8.18. The molecule has 0 spiro atoms. The molecule has 0 saturated carbocycles. The number of nitrogens with one attached hydrogen (secondary N) is 1. The predicted octanol–water partition coefficient (Wildman–Crippen LogP) is 1.68. The highest BCUT2D eigenvalue weighted by molar-refractivity contribution is 7.89. The van der Waals surface area contributed by atoms with Crippen molar-refractivity contribution >= 4 is 27.5 Å². The Bertz CT molecular complexity index is 901. The summed E-state index contributed by atoms with van der Waals surface area (Å²) in [5, 5.41) is 2.64. The van der Waals surface area contributed by atoms with Crippen LogP contribution in [0.15, 0.2) is 23.1 Å². The quantitative estimate of drug-likeness (QED) is 0.801. The van der Waals surface area contributed by atoms with Gasteiger partial charge in [0.1, 0.15) is 5.75 Å². The van der Waals surface area contributed by atoms with Crippen LogP contribution in [-0.2, 0) is 19.6 Å². The zero-order valence-corrected chi connectivity index (χ0v) is 17.4. The minimum Gasteiger partial charge on any atom is -0.482 e. The van der Waals surface area contributed by atoms with Crippen molar-refractivity contribution < 1.29 is 22.7 Å². The maximum Gasteiger partial charge on any atom is 0.262 e. The lowest BCUT2D eigenvalue weighted by Gasteiger charge is -2.36. The first-order chi connectivity index (χ1) is 13.8. The van der Waals surface area contributed by atoms with E-state index in [2.05, 4.69) is 12.2 Å². The molecule has 0 radical (unpaired) electrons. The number of piperidine rings is 2. The maximum absolute atomic E-state index is 13.0. The van der Waals surface area contributed by atoms with E-state index in [1.807, 2.05) is 4.90 Å². The molecule has 3 aliphatic rings. The van der Waals surface area contributed by atoms with Gasteiger partial charge in [0.2, 0.25) is 15.9 Å². The third-order valence-electron chi connectivity index (χ3n) is 6.12. The van der Waals surface area contributed by atoms with Gasteiger partial charge in [-0.2, -0.15) is 4.31 Å². The van der Waals surface area contributed by atoms with Crippen LogP contribution in [0.25, 0.3) is 0 Å². The number of likely N-dealkylation sites (tertiary alicyclic amines) is 1. The van der Waals surface area contributed by atoms with Crippen molar-refractivity contribution in [2.75, 3.05) is 38.1 Å². The fourth-order valence-corrected chi connectivity index (χ4v) is 5.70. The number of carbonyl (C=O) groups is 2. The Balaban J connectivity index is 1.41. The molecule has 0 bridgehead atoms. The molecule has 2 fully saturated rings. The number of rotatable bonds is 3. The molecule has 0 atom stereocenters. The molecule has 8 nitrogen and oxygen atoms in total. The van der Waals surface area contributed by atoms with E-state index < -0.39 is 10.0 Å². The Kier molecular flexibility index (Phi) is 5.52. The lowest BCUT2D eigenvalue weighted by molar-refractivity contribution is -0.138. The lowest BCUT2D eigenvalue weighted by atomic mass is 9.93. The molecular weight excluding hydrogens is 394 g/mol. The largest absolute Gasteiger partial charge is 0.482 e. The van der Waals surface area contributed by atoms with Crippen molar-refractivity contribution in [1.82, 2.24) is 9.21 Å². The molecule has 0 unspecified atom stereocenters. The van der Waals surface area contributed by atoms with Crippen molar-refractivity contribution in [3.8, 4) is 5.75 Å². The van der Waals surface area contributed by atoms with E-state index in [1.54, 1.807) is 6.07 Å². The highest BCUT2D eigenvalue weighted by Crippen LogP contribution is 2.32. The van der Waals surface area contributed by atoms with E-state index in [9.17, 15) is 18.0 Å². The highest BCUT2D eigenvalue weighted by atomic mass is 32.2. The molecule has 3 aliphatic heterocycles. The minimum absolute atomic E-state index is 0.0728. The van der Waals surface area contributed by atoms with Crippen LogP contribution in [0.3, 0.4) is 0 Å². The number of benzene rings is 1. The molecule has 1 N–H and O–H groups in total. The van der Waals surface area contributed by atoms with Crippen LogP contribution in [0.2, 0.25) is 0 Å². The highest BCUT2D eigenvalue weighted by Gasteiger charge is 2.35. The van der Waals surface area contributed by atoms with Gasteiger partial charge < -0.3 is 15.0 Å². The molecule has 1 aromatic rings. The van der Waals surface area contributed by atoms with Crippen molar-refractivity contribution in [2.24, 2.45) is 11.8 Å². The average molecular weight is 422 g/mol. The summed E-state index contributed by atoms with van der Waals surface area (Å²) in [6, 6.07) is 4.50. The van der Waals surface area contributed by atoms with Crippen LogP contribution < -0.4 is 10.1 Å². The fourth-order valence-electron chi connectivity index (χ4n) is 4.20. The second kappa shape index (κ2) is 7.95. The standard InChI is InChI=1S/C20H27N3O5S/c1-14-4-8-22(9-5-14)20(25)15-6-10-23(11-7-15)29(26,27)16-2-3-18-17(12-16)21-19(24)13-28-18/h2-3,12,14-15H,4-11,13H2,1H3,(H,21,24). The number of anilines is 1. The van der Waals surface area contributed by atoms with Crippen molar-refractivity contribution in [2.45, 2.75) is 37.5 Å². The van der Waals surface area contributed by atoms with Crippen LogP contribution in [0.5, 0.6) is 5.75 Å². The van der Waals surface area contributed by atoms with Gasteiger partial charge in [0, 0.05) is 32.1 Å². The predicted molar refractivity (Wildman–Crippen MR) is 107 cm³/mol. The van der Waals surface area contributed by atoms with Gasteiger partial charge in [-0.1, -0.05) is 6.92 Å². The number of hydrogen-bond acceptors (Lipinski definition) is 5. The third-order valence-corrected chi connectivity index (χ3v) is 8.01. The molecule has 3 heterocycles. The zero-order valence-electron chi connectivity index (χ0n) is 16.6. The van der Waals surface area contributed by atoms with Gasteiger partial charge in [-0.25, -0.2) is 8.42 Å². The lowest BCUT2D eigenvalue weighted by Crippen LogP contribution is -2.46. The van der Waals surface area contributed by atoms with Crippen LogP contribution in [0.4, 0.5) is 5.69 Å². The first-order valence-corrected chi connectivity index (χ1v) is 11.6. The minimum atomic E-state index is -3.69. The first kappa shape index (κ1) is 20.2. The van der Waals surface area contributed by atoms with E-state index in [1.165, 1.54) is 16.4 Å². The van der Waals surface area contributed by atoms with Gasteiger partial charge >= 0.3 is 0 Å². The summed E-state index contributed by atoms with van der Waals surface area (Å²) < 4.78 is 32.8. The number of sulfonamides is 1. The molecule has 1 aromatic carbocycles. The number of nitrogens with zero attached hydrogens (tertiary/aromatic N) is 2. The van der Waals surface area contributed by atoms with E-state index in [0.717, 1.165) is 25.9 Å². The van der Waals surface area contributed by atoms with E-state index >= 15 is 0 Å². The van der Waals surface area contributed by atoms with Crippen LogP contribution in [-0.4, -0.2) is 62.2 Å². The normalized spacial score (nSPS) is 22.0. The second-order valence-corrected chi connectivity index (χ2v) is 10.1. The Morgan fingerprint density at radius 1 is 1.10 bits per heavy atom. The Morgan fingerprint density at radius 2 is 1.79 bits per heavy atom. The smallest absolute Gasteiger partial charge is 0.262 e. The third kappa shape index (κ3) is 4.11. The fraction of sp³-hybridized carbons (Fsp3) is 0.600. The van der Waals surface area contributed by atoms with Crippen molar-refractivity contribution in [3.05, 3.63) is 18.2 Å². The molecule has 4 rings (SSSR count). The summed E-state index contributed by atoms with van der Waals surface area (Å²) in [5.41, 5.74) is 0.367. The average Bonchev–Trinajstić information content (AvgIpc) is 2.73. The molecule has 2 amide bonds. The Hall–Kier alpha value is -2.13. The summed E-state index contributed by atoms with van der Waals surface area (Å²) in [6.45, 7) is 4.40. The van der Waals surface area contributed by atoms with Gasteiger partial charge in [0.05, 0.1) is 10.6 Å². The number of ether oxygens (including phenoxy) is 1. The molecule has 0 aliphatic carbocycles. The van der Waals surface area contributed by atoms with Crippen LogP contribution >= 0.6 is 0 Å².